The third-order valence-electron chi connectivity index (χ3n) is 3.61. The third-order valence-corrected chi connectivity index (χ3v) is 4.10. The van der Waals surface area contributed by atoms with Gasteiger partial charge in [-0.2, -0.15) is 0 Å². The summed E-state index contributed by atoms with van der Waals surface area (Å²) in [5, 5.41) is 2.91. The molecule has 0 aromatic heterocycles. The van der Waals surface area contributed by atoms with E-state index in [1.807, 2.05) is 0 Å². The number of nitrogens with one attached hydrogen (secondary N) is 1. The summed E-state index contributed by atoms with van der Waals surface area (Å²) < 4.78 is 19.0. The van der Waals surface area contributed by atoms with Crippen LogP contribution < -0.4 is 5.32 Å². The zero-order valence-electron chi connectivity index (χ0n) is 11.5. The van der Waals surface area contributed by atoms with Crippen molar-refractivity contribution in [2.45, 2.75) is 26.2 Å². The van der Waals surface area contributed by atoms with E-state index in [1.54, 1.807) is 13.0 Å². The molecule has 5 heteroatoms. The van der Waals surface area contributed by atoms with Gasteiger partial charge in [-0.1, -0.05) is 17.7 Å². The smallest absolute Gasteiger partial charge is 0.255 e. The highest BCUT2D eigenvalue weighted by Gasteiger charge is 2.18. The summed E-state index contributed by atoms with van der Waals surface area (Å²) in [6.45, 7) is 3.92. The first-order valence-corrected chi connectivity index (χ1v) is 7.28. The number of carbonyl (C=O) groups is 1. The molecule has 1 aromatic rings. The number of hydrogen-bond acceptors (Lipinski definition) is 2. The SMILES string of the molecule is Cc1ccc(F)c(C(=O)NCCCC2CCOC2)c1Cl. The minimum atomic E-state index is -0.581. The Kier molecular flexibility index (Phi) is 5.38. The first kappa shape index (κ1) is 15.3. The third kappa shape index (κ3) is 3.70. The fraction of sp³-hybridized carbons (Fsp3) is 0.533. The monoisotopic (exact) mass is 299 g/mol. The van der Waals surface area contributed by atoms with Gasteiger partial charge in [0.05, 0.1) is 10.6 Å². The van der Waals surface area contributed by atoms with Crippen molar-refractivity contribution in [3.05, 3.63) is 34.1 Å². The number of carbonyl (C=O) groups excluding carboxylic acids is 1. The van der Waals surface area contributed by atoms with E-state index in [0.29, 0.717) is 18.0 Å². The van der Waals surface area contributed by atoms with E-state index in [0.717, 1.165) is 32.5 Å². The van der Waals surface area contributed by atoms with Crippen LogP contribution in [0.3, 0.4) is 0 Å². The fourth-order valence-electron chi connectivity index (χ4n) is 2.36. The maximum Gasteiger partial charge on any atom is 0.255 e. The van der Waals surface area contributed by atoms with E-state index >= 15 is 0 Å². The van der Waals surface area contributed by atoms with E-state index in [9.17, 15) is 9.18 Å². The van der Waals surface area contributed by atoms with Gasteiger partial charge in [0.15, 0.2) is 0 Å². The van der Waals surface area contributed by atoms with Gasteiger partial charge in [-0.25, -0.2) is 4.39 Å². The number of ether oxygens (including phenoxy) is 1. The molecule has 0 aliphatic carbocycles. The zero-order valence-corrected chi connectivity index (χ0v) is 12.3. The largest absolute Gasteiger partial charge is 0.381 e. The minimum absolute atomic E-state index is 0.0594. The summed E-state index contributed by atoms with van der Waals surface area (Å²) >= 11 is 5.99. The highest BCUT2D eigenvalue weighted by molar-refractivity contribution is 6.34. The van der Waals surface area contributed by atoms with Crippen LogP contribution in [0.4, 0.5) is 4.39 Å². The van der Waals surface area contributed by atoms with Gasteiger partial charge in [-0.3, -0.25) is 4.79 Å². The molecular formula is C15H19ClFNO2. The Balaban J connectivity index is 1.84. The highest BCUT2D eigenvalue weighted by Crippen LogP contribution is 2.23. The van der Waals surface area contributed by atoms with Crippen LogP contribution >= 0.6 is 11.6 Å². The molecule has 1 heterocycles. The van der Waals surface area contributed by atoms with Crippen molar-refractivity contribution in [1.29, 1.82) is 0 Å². The lowest BCUT2D eigenvalue weighted by Crippen LogP contribution is -2.26. The minimum Gasteiger partial charge on any atom is -0.381 e. The van der Waals surface area contributed by atoms with Crippen LogP contribution in [0.1, 0.15) is 35.2 Å². The van der Waals surface area contributed by atoms with E-state index < -0.39 is 11.7 Å². The van der Waals surface area contributed by atoms with E-state index in [4.69, 9.17) is 16.3 Å². The Morgan fingerprint density at radius 3 is 3.05 bits per heavy atom. The van der Waals surface area contributed by atoms with Gasteiger partial charge in [0.25, 0.3) is 5.91 Å². The average Bonchev–Trinajstić information content (AvgIpc) is 2.93. The molecule has 0 saturated carbocycles. The lowest BCUT2D eigenvalue weighted by atomic mass is 10.0. The number of hydrogen-bond donors (Lipinski definition) is 1. The lowest BCUT2D eigenvalue weighted by Gasteiger charge is -2.10. The molecule has 110 valence electrons. The van der Waals surface area contributed by atoms with Crippen molar-refractivity contribution in [3.63, 3.8) is 0 Å². The van der Waals surface area contributed by atoms with Gasteiger partial charge >= 0.3 is 0 Å². The number of benzene rings is 1. The Labute approximate surface area is 123 Å². The molecule has 0 bridgehead atoms. The summed E-state index contributed by atoms with van der Waals surface area (Å²) in [4.78, 5) is 12.0. The molecule has 3 nitrogen and oxygen atoms in total. The Bertz CT molecular complexity index is 487. The molecule has 1 saturated heterocycles. The van der Waals surface area contributed by atoms with Crippen molar-refractivity contribution in [1.82, 2.24) is 5.32 Å². The van der Waals surface area contributed by atoms with E-state index in [-0.39, 0.29) is 10.6 Å². The van der Waals surface area contributed by atoms with Gasteiger partial charge in [-0.15, -0.1) is 0 Å². The maximum atomic E-state index is 13.7. The number of aryl methyl sites for hydroxylation is 1. The van der Waals surface area contributed by atoms with Crippen LogP contribution in [0.5, 0.6) is 0 Å². The Hall–Kier alpha value is -1.13. The van der Waals surface area contributed by atoms with Crippen LogP contribution in [0.15, 0.2) is 12.1 Å². The predicted molar refractivity (Wildman–Crippen MR) is 76.6 cm³/mol. The molecule has 0 radical (unpaired) electrons. The van der Waals surface area contributed by atoms with Crippen LogP contribution in [0, 0.1) is 18.7 Å². The molecule has 1 fully saturated rings. The van der Waals surface area contributed by atoms with Gasteiger partial charge < -0.3 is 10.1 Å². The zero-order chi connectivity index (χ0) is 14.5. The molecular weight excluding hydrogens is 281 g/mol. The summed E-state index contributed by atoms with van der Waals surface area (Å²) in [6.07, 6.45) is 2.97. The lowest BCUT2D eigenvalue weighted by molar-refractivity contribution is 0.0948. The predicted octanol–water partition coefficient (Wildman–Crippen LogP) is 3.33. The van der Waals surface area contributed by atoms with Crippen molar-refractivity contribution in [2.75, 3.05) is 19.8 Å². The maximum absolute atomic E-state index is 13.7. The van der Waals surface area contributed by atoms with Gasteiger partial charge in [0.2, 0.25) is 0 Å². The molecule has 1 aliphatic heterocycles. The number of rotatable bonds is 5. The standard InChI is InChI=1S/C15H19ClFNO2/c1-10-4-5-12(17)13(14(10)16)15(19)18-7-2-3-11-6-8-20-9-11/h4-5,11H,2-3,6-9H2,1H3,(H,18,19). The quantitative estimate of drug-likeness (QED) is 0.847. The van der Waals surface area contributed by atoms with E-state index in [2.05, 4.69) is 5.32 Å². The summed E-state index contributed by atoms with van der Waals surface area (Å²) in [5.41, 5.74) is 0.636. The molecule has 1 N–H and O–H groups in total. The molecule has 1 aromatic carbocycles. The van der Waals surface area contributed by atoms with Gasteiger partial charge in [-0.05, 0) is 43.7 Å². The highest BCUT2D eigenvalue weighted by atomic mass is 35.5. The second-order valence-corrected chi connectivity index (χ2v) is 5.56. The number of amides is 1. The second-order valence-electron chi connectivity index (χ2n) is 5.18. The van der Waals surface area contributed by atoms with Crippen LogP contribution in [-0.2, 0) is 4.74 Å². The van der Waals surface area contributed by atoms with Crippen LogP contribution in [0.25, 0.3) is 0 Å². The van der Waals surface area contributed by atoms with Gasteiger partial charge in [0, 0.05) is 19.8 Å². The first-order chi connectivity index (χ1) is 9.59. The summed E-state index contributed by atoms with van der Waals surface area (Å²) in [5.74, 6) is -0.438. The van der Waals surface area contributed by atoms with Crippen molar-refractivity contribution < 1.29 is 13.9 Å². The molecule has 1 aliphatic rings. The van der Waals surface area contributed by atoms with Crippen molar-refractivity contribution in [2.24, 2.45) is 5.92 Å². The number of halogens is 2. The van der Waals surface area contributed by atoms with E-state index in [1.165, 1.54) is 6.07 Å². The molecule has 0 spiro atoms. The van der Waals surface area contributed by atoms with Crippen LogP contribution in [-0.4, -0.2) is 25.7 Å². The Morgan fingerprint density at radius 1 is 1.55 bits per heavy atom. The molecule has 1 amide bonds. The fourth-order valence-corrected chi connectivity index (χ4v) is 2.60. The first-order valence-electron chi connectivity index (χ1n) is 6.90. The molecule has 1 atom stereocenters. The topological polar surface area (TPSA) is 38.3 Å². The molecule has 2 rings (SSSR count). The normalized spacial score (nSPS) is 18.2. The van der Waals surface area contributed by atoms with Gasteiger partial charge in [0.1, 0.15) is 5.82 Å². The summed E-state index contributed by atoms with van der Waals surface area (Å²) in [7, 11) is 0. The molecule has 20 heavy (non-hydrogen) atoms. The van der Waals surface area contributed by atoms with Crippen LogP contribution in [0.2, 0.25) is 5.02 Å². The average molecular weight is 300 g/mol. The Morgan fingerprint density at radius 2 is 2.35 bits per heavy atom. The van der Waals surface area contributed by atoms with Crippen molar-refractivity contribution >= 4 is 17.5 Å². The molecule has 1 unspecified atom stereocenters. The van der Waals surface area contributed by atoms with Crippen molar-refractivity contribution in [3.8, 4) is 0 Å². The second kappa shape index (κ2) is 7.04. The summed E-state index contributed by atoms with van der Waals surface area (Å²) in [6, 6.07) is 2.83.